The minimum atomic E-state index is -0.291. The highest BCUT2D eigenvalue weighted by Crippen LogP contribution is 2.53. The van der Waals surface area contributed by atoms with Crippen molar-refractivity contribution in [2.24, 2.45) is 0 Å². The number of halogens is 1. The van der Waals surface area contributed by atoms with Crippen LogP contribution in [0.4, 0.5) is 21.5 Å². The molecule has 3 heteroatoms. The zero-order valence-electron chi connectivity index (χ0n) is 28.8. The Labute approximate surface area is 306 Å². The molecule has 0 N–H and O–H groups in total. The first-order valence-electron chi connectivity index (χ1n) is 18.3. The van der Waals surface area contributed by atoms with Gasteiger partial charge in [-0.05, 0) is 121 Å². The monoisotopic (exact) mass is 681 g/mol. The Morgan fingerprint density at radius 2 is 1.04 bits per heavy atom. The van der Waals surface area contributed by atoms with E-state index in [1.54, 1.807) is 6.07 Å². The van der Waals surface area contributed by atoms with Gasteiger partial charge in [0.1, 0.15) is 17.0 Å². The number of benzene rings is 8. The molecule has 0 unspecified atom stereocenters. The lowest BCUT2D eigenvalue weighted by molar-refractivity contribution is 0.629. The smallest absolute Gasteiger partial charge is 0.147 e. The van der Waals surface area contributed by atoms with Gasteiger partial charge in [0.2, 0.25) is 0 Å². The van der Waals surface area contributed by atoms with Crippen molar-refractivity contribution in [3.8, 4) is 44.5 Å². The van der Waals surface area contributed by atoms with Gasteiger partial charge < -0.3 is 9.32 Å². The Morgan fingerprint density at radius 1 is 0.453 bits per heavy atom. The molecule has 0 fully saturated rings. The third-order valence-electron chi connectivity index (χ3n) is 11.1. The maximum Gasteiger partial charge on any atom is 0.147 e. The molecule has 11 rings (SSSR count). The van der Waals surface area contributed by atoms with Crippen molar-refractivity contribution in [2.45, 2.75) is 12.8 Å². The van der Waals surface area contributed by atoms with Crippen molar-refractivity contribution >= 4 is 61.9 Å². The van der Waals surface area contributed by atoms with Gasteiger partial charge in [0.15, 0.2) is 0 Å². The van der Waals surface area contributed by atoms with Gasteiger partial charge in [0, 0.05) is 11.1 Å². The summed E-state index contributed by atoms with van der Waals surface area (Å²) in [6.45, 7) is 0. The molecule has 8 aromatic carbocycles. The van der Waals surface area contributed by atoms with Crippen molar-refractivity contribution in [1.82, 2.24) is 0 Å². The van der Waals surface area contributed by atoms with E-state index in [2.05, 4.69) is 115 Å². The molecule has 0 radical (unpaired) electrons. The first-order chi connectivity index (χ1) is 26.2. The summed E-state index contributed by atoms with van der Waals surface area (Å²) in [5.41, 5.74) is 13.9. The molecule has 2 aliphatic carbocycles. The molecule has 0 bridgehead atoms. The van der Waals surface area contributed by atoms with Gasteiger partial charge in [-0.1, -0.05) is 127 Å². The van der Waals surface area contributed by atoms with Crippen LogP contribution in [0.15, 0.2) is 162 Å². The molecule has 1 aromatic heterocycles. The summed E-state index contributed by atoms with van der Waals surface area (Å²) < 4.78 is 22.2. The van der Waals surface area contributed by atoms with Gasteiger partial charge in [-0.25, -0.2) is 4.39 Å². The third-order valence-corrected chi connectivity index (χ3v) is 11.1. The molecule has 1 heterocycles. The summed E-state index contributed by atoms with van der Waals surface area (Å²) in [5, 5.41) is 7.10. The van der Waals surface area contributed by atoms with Crippen LogP contribution < -0.4 is 15.3 Å². The lowest BCUT2D eigenvalue weighted by atomic mass is 9.83. The van der Waals surface area contributed by atoms with Crippen molar-refractivity contribution < 1.29 is 8.81 Å². The molecule has 9 aromatic rings. The SMILES string of the molecule is Fc1ccccc1N(c1ccc(-c2c3c(c(-c4ccccc4)c4c2=CCCC=4)-c2cccc4cccc-3c24)cc1)c1cccc2oc3ccccc3c12. The summed E-state index contributed by atoms with van der Waals surface area (Å²) in [4.78, 5) is 2.03. The predicted octanol–water partition coefficient (Wildman–Crippen LogP) is 12.7. The summed E-state index contributed by atoms with van der Waals surface area (Å²) in [7, 11) is 0. The maximum atomic E-state index is 15.9. The molecule has 0 amide bonds. The van der Waals surface area contributed by atoms with Crippen LogP contribution in [0.3, 0.4) is 0 Å². The summed E-state index contributed by atoms with van der Waals surface area (Å²) in [6.07, 6.45) is 6.87. The number of nitrogens with zero attached hydrogens (tertiary/aromatic N) is 1. The second-order valence-corrected chi connectivity index (χ2v) is 14.0. The lowest BCUT2D eigenvalue weighted by Gasteiger charge is -2.27. The second kappa shape index (κ2) is 11.7. The van der Waals surface area contributed by atoms with E-state index >= 15 is 4.39 Å². The average Bonchev–Trinajstić information content (AvgIpc) is 3.76. The molecule has 0 saturated carbocycles. The first-order valence-corrected chi connectivity index (χ1v) is 18.3. The zero-order valence-corrected chi connectivity index (χ0v) is 28.8. The Morgan fingerprint density at radius 3 is 1.75 bits per heavy atom. The van der Waals surface area contributed by atoms with E-state index in [0.717, 1.165) is 51.7 Å². The van der Waals surface area contributed by atoms with Crippen LogP contribution >= 0.6 is 0 Å². The van der Waals surface area contributed by atoms with E-state index in [4.69, 9.17) is 4.42 Å². The second-order valence-electron chi connectivity index (χ2n) is 14.0. The van der Waals surface area contributed by atoms with Gasteiger partial charge in [-0.3, -0.25) is 0 Å². The highest BCUT2D eigenvalue weighted by molar-refractivity contribution is 6.21. The normalized spacial score (nSPS) is 12.8. The summed E-state index contributed by atoms with van der Waals surface area (Å²) in [6, 6.07) is 54.1. The first kappa shape index (κ1) is 30.0. The van der Waals surface area contributed by atoms with E-state index in [-0.39, 0.29) is 5.82 Å². The van der Waals surface area contributed by atoms with Crippen LogP contribution in [-0.4, -0.2) is 0 Å². The number of fused-ring (bicyclic) bond motifs is 7. The number of anilines is 3. The Bertz CT molecular complexity index is 3060. The minimum Gasteiger partial charge on any atom is -0.456 e. The van der Waals surface area contributed by atoms with Crippen molar-refractivity contribution in [2.75, 3.05) is 4.90 Å². The van der Waals surface area contributed by atoms with Crippen molar-refractivity contribution in [3.05, 3.63) is 174 Å². The summed E-state index contributed by atoms with van der Waals surface area (Å²) >= 11 is 0. The molecular formula is C50H32FNO. The van der Waals surface area contributed by atoms with Crippen molar-refractivity contribution in [1.29, 1.82) is 0 Å². The number of hydrogen-bond acceptors (Lipinski definition) is 2. The van der Waals surface area contributed by atoms with Crippen LogP contribution in [0.1, 0.15) is 12.8 Å². The highest BCUT2D eigenvalue weighted by Gasteiger charge is 2.30. The topological polar surface area (TPSA) is 16.4 Å². The van der Waals surface area contributed by atoms with Gasteiger partial charge in [0.25, 0.3) is 0 Å². The molecule has 0 spiro atoms. The lowest BCUT2D eigenvalue weighted by Crippen LogP contribution is -2.32. The maximum absolute atomic E-state index is 15.9. The quantitative estimate of drug-likeness (QED) is 0.180. The van der Waals surface area contributed by atoms with E-state index in [0.29, 0.717) is 5.69 Å². The number of furan rings is 1. The fourth-order valence-electron chi connectivity index (χ4n) is 8.93. The molecule has 53 heavy (non-hydrogen) atoms. The average molecular weight is 682 g/mol. The Balaban J connectivity index is 1.18. The standard InChI is InChI=1S/C50H32FNO/c51-40-22-7-8-23-41(40)52(42-24-12-26-44-48(42)37-19-6-9-25-43(37)53-44)34-29-27-33(28-30-34)47-36-18-5-4-17-35(36)46(32-13-2-1-3-14-32)49-38-20-10-15-31-16-11-21-39(45(31)38)50(47)49/h1-3,6-30H,4-5H2. The number of rotatable bonds is 5. The van der Waals surface area contributed by atoms with Crippen LogP contribution in [0, 0.1) is 5.82 Å². The van der Waals surface area contributed by atoms with Crippen molar-refractivity contribution in [3.63, 3.8) is 0 Å². The van der Waals surface area contributed by atoms with Gasteiger partial charge in [0.05, 0.1) is 16.8 Å². The fraction of sp³-hybridized carbons (Fsp3) is 0.0400. The summed E-state index contributed by atoms with van der Waals surface area (Å²) in [5.74, 6) is -0.291. The van der Waals surface area contributed by atoms with E-state index in [1.165, 1.54) is 66.2 Å². The molecular weight excluding hydrogens is 650 g/mol. The minimum absolute atomic E-state index is 0.291. The molecule has 0 saturated heterocycles. The largest absolute Gasteiger partial charge is 0.456 e. The van der Waals surface area contributed by atoms with Crippen LogP contribution in [0.2, 0.25) is 0 Å². The van der Waals surface area contributed by atoms with E-state index in [9.17, 15) is 0 Å². The Kier molecular flexibility index (Phi) is 6.59. The highest BCUT2D eigenvalue weighted by atomic mass is 19.1. The fourth-order valence-corrected chi connectivity index (χ4v) is 8.93. The predicted molar refractivity (Wildman–Crippen MR) is 219 cm³/mol. The van der Waals surface area contributed by atoms with Crippen LogP contribution in [0.25, 0.3) is 89.4 Å². The molecule has 0 aliphatic heterocycles. The van der Waals surface area contributed by atoms with Crippen LogP contribution in [0.5, 0.6) is 0 Å². The molecule has 2 nitrogen and oxygen atoms in total. The number of hydrogen-bond donors (Lipinski definition) is 0. The van der Waals surface area contributed by atoms with Gasteiger partial charge in [-0.2, -0.15) is 0 Å². The molecule has 250 valence electrons. The number of para-hydroxylation sites is 2. The molecule has 2 aliphatic rings. The van der Waals surface area contributed by atoms with E-state index in [1.807, 2.05) is 47.4 Å². The third kappa shape index (κ3) is 4.44. The Hall–Kier alpha value is -6.71. The molecule has 0 atom stereocenters. The van der Waals surface area contributed by atoms with Gasteiger partial charge >= 0.3 is 0 Å². The van der Waals surface area contributed by atoms with Crippen LogP contribution in [-0.2, 0) is 0 Å². The van der Waals surface area contributed by atoms with E-state index < -0.39 is 0 Å². The zero-order chi connectivity index (χ0) is 35.0. The van der Waals surface area contributed by atoms with Gasteiger partial charge in [-0.15, -0.1) is 0 Å².